The zero-order chi connectivity index (χ0) is 91.2. The van der Waals surface area contributed by atoms with Crippen LogP contribution in [0.25, 0.3) is 131 Å². The fourth-order valence-corrected chi connectivity index (χ4v) is 18.7. The molecule has 0 N–H and O–H groups in total. The Morgan fingerprint density at radius 3 is 0.421 bits per heavy atom. The highest BCUT2D eigenvalue weighted by atomic mass is 15.4. The van der Waals surface area contributed by atoms with Crippen LogP contribution in [-0.4, -0.2) is 175 Å². The second kappa shape index (κ2) is 46.0. The molecule has 6 aromatic heterocycles. The van der Waals surface area contributed by atoms with E-state index < -0.39 is 0 Å². The molecule has 0 unspecified atom stereocenters. The van der Waals surface area contributed by atoms with E-state index in [0.29, 0.717) is 0 Å². The molecular formula is C111H147N15. The van der Waals surface area contributed by atoms with Crippen molar-refractivity contribution < 1.29 is 0 Å². The summed E-state index contributed by atoms with van der Waals surface area (Å²) >= 11 is 0. The number of hydrogen-bond acceptors (Lipinski definition) is 9. The third-order valence-electron chi connectivity index (χ3n) is 23.5. The third kappa shape index (κ3) is 22.2. The molecule has 0 amide bonds. The molecule has 126 heavy (non-hydrogen) atoms. The molecule has 12 aromatic carbocycles. The summed E-state index contributed by atoms with van der Waals surface area (Å²) in [6, 6.07) is 93.5. The molecule has 0 bridgehead atoms. The van der Waals surface area contributed by atoms with Gasteiger partial charge in [-0.1, -0.05) is 229 Å². The Kier molecular flexibility index (Phi) is 35.5. The number of nitrogens with zero attached hydrogens (tertiary/aromatic N) is 15. The lowest BCUT2D eigenvalue weighted by atomic mass is 10.1. The molecular weight excluding hydrogens is 1540 g/mol. The predicted molar refractivity (Wildman–Crippen MR) is 552 cm³/mol. The molecule has 0 aliphatic heterocycles. The summed E-state index contributed by atoms with van der Waals surface area (Å²) in [7, 11) is 32.8. The van der Waals surface area contributed by atoms with Gasteiger partial charge in [0.25, 0.3) is 0 Å². The lowest BCUT2D eigenvalue weighted by molar-refractivity contribution is 0.0803. The van der Waals surface area contributed by atoms with E-state index in [-0.39, 0.29) is 0 Å². The van der Waals surface area contributed by atoms with E-state index in [1.807, 2.05) is 83.1 Å². The van der Waals surface area contributed by atoms with Gasteiger partial charge >= 0.3 is 0 Å². The maximum absolute atomic E-state index is 2.39. The Hall–Kier alpha value is -10.9. The van der Waals surface area contributed by atoms with E-state index in [9.17, 15) is 0 Å². The van der Waals surface area contributed by atoms with Crippen molar-refractivity contribution in [1.29, 1.82) is 0 Å². The van der Waals surface area contributed by atoms with E-state index in [1.165, 1.54) is 164 Å². The second-order valence-electron chi connectivity index (χ2n) is 33.1. The minimum Gasteiger partial charge on any atom is -0.344 e. The Bertz CT molecular complexity index is 6130. The Morgan fingerprint density at radius 2 is 0.270 bits per heavy atom. The first-order valence-electron chi connectivity index (χ1n) is 46.1. The maximum Gasteiger partial charge on any atom is 0.0523 e. The van der Waals surface area contributed by atoms with Gasteiger partial charge in [-0.3, -0.25) is 44.1 Å². The fourth-order valence-electron chi connectivity index (χ4n) is 18.7. The van der Waals surface area contributed by atoms with Crippen molar-refractivity contribution >= 4 is 131 Å². The number of fused-ring (bicyclic) bond motifs is 18. The predicted octanol–water partition coefficient (Wildman–Crippen LogP) is 25.3. The summed E-state index contributed by atoms with van der Waals surface area (Å²) in [5.41, 5.74) is 23.6. The van der Waals surface area contributed by atoms with Crippen LogP contribution in [0.5, 0.6) is 0 Å². The number of hydrogen-bond donors (Lipinski definition) is 0. The highest BCUT2D eigenvalue weighted by Gasteiger charge is 2.19. The quantitative estimate of drug-likeness (QED) is 0.0551. The Labute approximate surface area is 754 Å². The van der Waals surface area contributed by atoms with Gasteiger partial charge in [-0.25, -0.2) is 0 Å². The van der Waals surface area contributed by atoms with Crippen LogP contribution < -0.4 is 0 Å². The van der Waals surface area contributed by atoms with Crippen molar-refractivity contribution in [3.63, 3.8) is 0 Å². The van der Waals surface area contributed by atoms with Crippen LogP contribution in [0.15, 0.2) is 255 Å². The van der Waals surface area contributed by atoms with Gasteiger partial charge in [0.1, 0.15) is 0 Å². The molecule has 0 radical (unpaired) electrons. The van der Waals surface area contributed by atoms with Crippen molar-refractivity contribution in [3.05, 3.63) is 288 Å². The standard InChI is InChI=1S/C35H42N6.C33H37N5.C31H32N4.6C2H6/c1-36(21-26-15-17-34-30(19-26)28-11-7-9-13-32(28)40(34)5)23-38(3)25-39(4)24-37(2)22-27-16-18-35-31(20-27)29-12-8-10-14-33(29)41(35)6;1-34(20-24-14-16-32-28(18-24)26-10-6-8-12-30(26)37(32)4)22-36(3)23-35(2)21-25-15-17-33-29(19-25)27-11-7-9-13-31(27)38(33)5;1-32(19-22-13-15-30-26(17-22)24-9-5-7-11-28(24)34(30)3)21-33(2)20-23-14-16-31-27(18-23)25-10-6-8-12-29(25)35(31)4;6*1-2/h7-20H,21-25H2,1-6H3;6-19H,20-23H2,1-5H3;5-18H,19-21H2,1-4H3;6*1-2H3. The molecule has 0 spiro atoms. The zero-order valence-electron chi connectivity index (χ0n) is 81.4. The van der Waals surface area contributed by atoms with Gasteiger partial charge in [-0.05, 0) is 206 Å². The molecule has 18 rings (SSSR count). The first-order valence-corrected chi connectivity index (χ1v) is 46.1. The molecule has 0 saturated carbocycles. The van der Waals surface area contributed by atoms with Crippen LogP contribution in [-0.2, 0) is 81.6 Å². The van der Waals surface area contributed by atoms with Gasteiger partial charge < -0.3 is 27.4 Å². The molecule has 18 aromatic rings. The second-order valence-corrected chi connectivity index (χ2v) is 33.1. The van der Waals surface area contributed by atoms with Crippen molar-refractivity contribution in [2.75, 3.05) is 103 Å². The highest BCUT2D eigenvalue weighted by molar-refractivity contribution is 6.12. The molecule has 0 atom stereocenters. The van der Waals surface area contributed by atoms with Crippen molar-refractivity contribution in [2.24, 2.45) is 42.3 Å². The van der Waals surface area contributed by atoms with E-state index in [0.717, 1.165) is 79.3 Å². The summed E-state index contributed by atoms with van der Waals surface area (Å²) in [5.74, 6) is 0. The summed E-state index contributed by atoms with van der Waals surface area (Å²) in [4.78, 5) is 21.5. The number of aromatic nitrogens is 6. The maximum atomic E-state index is 2.39. The first kappa shape index (κ1) is 97.3. The third-order valence-corrected chi connectivity index (χ3v) is 23.5. The molecule has 6 heterocycles. The van der Waals surface area contributed by atoms with E-state index in [2.05, 4.69) is 432 Å². The van der Waals surface area contributed by atoms with E-state index >= 15 is 0 Å². The fraction of sp³-hybridized carbons (Fsp3) is 0.351. The van der Waals surface area contributed by atoms with E-state index in [4.69, 9.17) is 0 Å². The smallest absolute Gasteiger partial charge is 0.0523 e. The number of aryl methyl sites for hydroxylation is 6. The van der Waals surface area contributed by atoms with Crippen LogP contribution >= 0.6 is 0 Å². The SMILES string of the molecule is CC.CC.CC.CC.CC.CC.CN(Cc1ccc2c(c1)c1ccccc1n2C)CN(C)CN(C)CN(C)Cc1ccc2c(c1)c1ccccc1n2C.CN(Cc1ccc2c(c1)c1ccccc1n2C)CN(C)CN(C)Cc1ccc2c(c1)c1ccccc1n2C.CN(Cc1ccc2c(c1)c1ccccc1n2C)CN(C)Cc1ccc2c(c1)c1ccccc1n2C. The summed E-state index contributed by atoms with van der Waals surface area (Å²) < 4.78 is 13.7. The van der Waals surface area contributed by atoms with Gasteiger partial charge in [0.05, 0.1) is 40.0 Å². The van der Waals surface area contributed by atoms with Crippen LogP contribution in [0.3, 0.4) is 0 Å². The lowest BCUT2D eigenvalue weighted by Crippen LogP contribution is -2.42. The average molecular weight is 1690 g/mol. The van der Waals surface area contributed by atoms with Gasteiger partial charge in [-0.2, -0.15) is 0 Å². The number of para-hydroxylation sites is 6. The minimum atomic E-state index is 0.902. The molecule has 0 fully saturated rings. The van der Waals surface area contributed by atoms with Crippen LogP contribution in [0.1, 0.15) is 116 Å². The topological polar surface area (TPSA) is 58.7 Å². The molecule has 0 aliphatic rings. The average Bonchev–Trinajstić information content (AvgIpc) is 1.66. The minimum absolute atomic E-state index is 0.902. The number of benzene rings is 12. The van der Waals surface area contributed by atoms with Crippen LogP contribution in [0, 0.1) is 0 Å². The summed E-state index contributed by atoms with van der Waals surface area (Å²) in [5, 5.41) is 16.0. The van der Waals surface area contributed by atoms with Crippen LogP contribution in [0.2, 0.25) is 0 Å². The molecule has 0 aliphatic carbocycles. The van der Waals surface area contributed by atoms with Gasteiger partial charge in [0.15, 0.2) is 0 Å². The Balaban J connectivity index is 0.000000186. The number of rotatable bonds is 24. The summed E-state index contributed by atoms with van der Waals surface area (Å²) in [6.45, 7) is 34.9. The van der Waals surface area contributed by atoms with Crippen LogP contribution in [0.4, 0.5) is 0 Å². The van der Waals surface area contributed by atoms with Crippen molar-refractivity contribution in [2.45, 2.75) is 122 Å². The molecule has 0 saturated heterocycles. The van der Waals surface area contributed by atoms with E-state index in [1.54, 1.807) is 0 Å². The monoisotopic (exact) mass is 1690 g/mol. The molecule has 15 heteroatoms. The summed E-state index contributed by atoms with van der Waals surface area (Å²) in [6.07, 6.45) is 0. The zero-order valence-corrected chi connectivity index (χ0v) is 81.4. The van der Waals surface area contributed by atoms with Gasteiger partial charge in [-0.15, -0.1) is 0 Å². The highest BCUT2D eigenvalue weighted by Crippen LogP contribution is 2.36. The normalized spacial score (nSPS) is 11.5. The van der Waals surface area contributed by atoms with Gasteiger partial charge in [0.2, 0.25) is 0 Å². The van der Waals surface area contributed by atoms with Crippen molar-refractivity contribution in [1.82, 2.24) is 71.5 Å². The molecule has 666 valence electrons. The lowest BCUT2D eigenvalue weighted by Gasteiger charge is -2.31. The van der Waals surface area contributed by atoms with Crippen molar-refractivity contribution in [3.8, 4) is 0 Å². The van der Waals surface area contributed by atoms with Gasteiger partial charge in [0, 0.05) is 212 Å². The Morgan fingerprint density at radius 1 is 0.151 bits per heavy atom. The largest absolute Gasteiger partial charge is 0.344 e. The first-order chi connectivity index (χ1) is 61.2. The molecule has 15 nitrogen and oxygen atoms in total.